The highest BCUT2D eigenvalue weighted by atomic mass is 19.4. The first-order valence-corrected chi connectivity index (χ1v) is 15.0. The number of hydrogen-bond donors (Lipinski definition) is 0. The molecule has 0 saturated carbocycles. The van der Waals surface area contributed by atoms with Crippen molar-refractivity contribution in [2.75, 3.05) is 26.2 Å². The van der Waals surface area contributed by atoms with Crippen LogP contribution in [-0.2, 0) is 32.1 Å². The second-order valence-electron chi connectivity index (χ2n) is 11.9. The lowest BCUT2D eigenvalue weighted by Gasteiger charge is -2.32. The fraction of sp³-hybridized carbons (Fsp3) is 0.457. The van der Waals surface area contributed by atoms with Crippen molar-refractivity contribution in [2.24, 2.45) is 5.92 Å². The smallest absolute Gasteiger partial charge is 0.299 e. The minimum atomic E-state index is -4.33. The molecule has 2 aliphatic rings. The van der Waals surface area contributed by atoms with E-state index in [0.29, 0.717) is 24.4 Å². The number of nitrogens with zero attached hydrogens (tertiary/aromatic N) is 2. The third-order valence-electron chi connectivity index (χ3n) is 8.96. The maximum absolute atomic E-state index is 13.1. The first-order valence-electron chi connectivity index (χ1n) is 15.0. The highest BCUT2D eigenvalue weighted by Crippen LogP contribution is 2.30. The Hall–Kier alpha value is -2.96. The van der Waals surface area contributed by atoms with E-state index < -0.39 is 11.7 Å². The van der Waals surface area contributed by atoms with Crippen LogP contribution in [0, 0.1) is 12.8 Å². The normalized spacial score (nSPS) is 17.3. The molecule has 3 aromatic rings. The van der Waals surface area contributed by atoms with Crippen molar-refractivity contribution in [3.8, 4) is 0 Å². The van der Waals surface area contributed by atoms with Crippen molar-refractivity contribution >= 4 is 5.78 Å². The zero-order chi connectivity index (χ0) is 28.8. The number of carbonyl (C=O) groups excluding carboxylic acids is 1. The van der Waals surface area contributed by atoms with Crippen LogP contribution in [0.15, 0.2) is 66.7 Å². The van der Waals surface area contributed by atoms with E-state index in [1.165, 1.54) is 47.2 Å². The average Bonchev–Trinajstić information content (AvgIpc) is 3.16. The predicted molar refractivity (Wildman–Crippen MR) is 158 cm³/mol. The van der Waals surface area contributed by atoms with Crippen LogP contribution >= 0.6 is 0 Å². The predicted octanol–water partition coefficient (Wildman–Crippen LogP) is 7.88. The van der Waals surface area contributed by atoms with Crippen LogP contribution in [0.4, 0.5) is 13.2 Å². The molecular formula is C35H41F3N2O. The summed E-state index contributed by atoms with van der Waals surface area (Å²) in [5, 5.41) is 0. The van der Waals surface area contributed by atoms with Crippen LogP contribution in [0.2, 0.25) is 0 Å². The van der Waals surface area contributed by atoms with Crippen LogP contribution in [0.5, 0.6) is 0 Å². The Morgan fingerprint density at radius 1 is 0.829 bits per heavy atom. The van der Waals surface area contributed by atoms with E-state index in [1.807, 2.05) is 6.07 Å². The molecule has 2 heterocycles. The standard InChI is InChI=1S/C35H41F3N2O/c1-26-6-2-3-9-32(26)25-40-18-14-27(15-19-40)7-5-11-34(41)31-13-12-29-16-20-39(21-17-30(29)23-31)24-28-8-4-10-33(22-28)35(36,37)38/h2-4,6,8-10,12-13,22-23,27H,5,7,11,14-21,24-25H2,1H3. The SMILES string of the molecule is Cc1ccccc1CN1CCC(CCCC(=O)c2ccc3c(c2)CCN(Cc2cccc(C(F)(F)F)c2)CC3)CC1. The Balaban J connectivity index is 1.06. The van der Waals surface area contributed by atoms with Crippen molar-refractivity contribution in [3.05, 3.63) is 106 Å². The quantitative estimate of drug-likeness (QED) is 0.248. The molecule has 3 aromatic carbocycles. The van der Waals surface area contributed by atoms with Crippen molar-refractivity contribution < 1.29 is 18.0 Å². The highest BCUT2D eigenvalue weighted by Gasteiger charge is 2.30. The lowest BCUT2D eigenvalue weighted by atomic mass is 9.90. The summed E-state index contributed by atoms with van der Waals surface area (Å²) in [6.07, 6.45) is 2.35. The summed E-state index contributed by atoms with van der Waals surface area (Å²) in [6, 6.07) is 20.4. The lowest BCUT2D eigenvalue weighted by Crippen LogP contribution is -2.33. The van der Waals surface area contributed by atoms with Gasteiger partial charge in [-0.3, -0.25) is 14.6 Å². The molecule has 2 aliphatic heterocycles. The van der Waals surface area contributed by atoms with E-state index >= 15 is 0 Å². The topological polar surface area (TPSA) is 23.6 Å². The fourth-order valence-electron chi connectivity index (χ4n) is 6.36. The molecule has 0 aromatic heterocycles. The molecule has 1 saturated heterocycles. The number of halogens is 3. The molecular weight excluding hydrogens is 521 g/mol. The summed E-state index contributed by atoms with van der Waals surface area (Å²) in [7, 11) is 0. The first kappa shape index (κ1) is 29.5. The summed E-state index contributed by atoms with van der Waals surface area (Å²) in [6.45, 7) is 7.52. The van der Waals surface area contributed by atoms with Gasteiger partial charge in [0.25, 0.3) is 0 Å². The Morgan fingerprint density at radius 3 is 2.32 bits per heavy atom. The number of ketones is 1. The maximum atomic E-state index is 13.1. The van der Waals surface area contributed by atoms with Gasteiger partial charge in [-0.1, -0.05) is 54.6 Å². The Morgan fingerprint density at radius 2 is 1.56 bits per heavy atom. The first-order chi connectivity index (χ1) is 19.7. The molecule has 0 bridgehead atoms. The van der Waals surface area contributed by atoms with E-state index in [-0.39, 0.29) is 5.78 Å². The molecule has 0 unspecified atom stereocenters. The Labute approximate surface area is 242 Å². The third-order valence-corrected chi connectivity index (χ3v) is 8.96. The van der Waals surface area contributed by atoms with E-state index in [4.69, 9.17) is 0 Å². The van der Waals surface area contributed by atoms with E-state index in [0.717, 1.165) is 70.0 Å². The van der Waals surface area contributed by atoms with Gasteiger partial charge in [0.2, 0.25) is 0 Å². The van der Waals surface area contributed by atoms with Gasteiger partial charge in [-0.2, -0.15) is 13.2 Å². The number of carbonyl (C=O) groups is 1. The molecule has 3 nitrogen and oxygen atoms in total. The highest BCUT2D eigenvalue weighted by molar-refractivity contribution is 5.96. The van der Waals surface area contributed by atoms with Gasteiger partial charge in [-0.25, -0.2) is 0 Å². The van der Waals surface area contributed by atoms with Gasteiger partial charge >= 0.3 is 6.18 Å². The summed E-state index contributed by atoms with van der Waals surface area (Å²) in [5.74, 6) is 0.917. The van der Waals surface area contributed by atoms with Gasteiger partial charge in [-0.05, 0) is 104 Å². The van der Waals surface area contributed by atoms with Crippen LogP contribution < -0.4 is 0 Å². The summed E-state index contributed by atoms with van der Waals surface area (Å²) in [4.78, 5) is 17.8. The van der Waals surface area contributed by atoms with Crippen LogP contribution in [0.25, 0.3) is 0 Å². The van der Waals surface area contributed by atoms with Crippen molar-refractivity contribution in [3.63, 3.8) is 0 Å². The number of rotatable bonds is 9. The molecule has 1 fully saturated rings. The van der Waals surface area contributed by atoms with Gasteiger partial charge in [0.15, 0.2) is 5.78 Å². The molecule has 0 amide bonds. The second kappa shape index (κ2) is 13.3. The molecule has 0 atom stereocenters. The monoisotopic (exact) mass is 562 g/mol. The van der Waals surface area contributed by atoms with Gasteiger partial charge in [0, 0.05) is 38.2 Å². The average molecular weight is 563 g/mol. The van der Waals surface area contributed by atoms with Gasteiger partial charge in [0.1, 0.15) is 0 Å². The van der Waals surface area contributed by atoms with E-state index in [9.17, 15) is 18.0 Å². The number of fused-ring (bicyclic) bond motifs is 1. The molecule has 218 valence electrons. The summed E-state index contributed by atoms with van der Waals surface area (Å²) >= 11 is 0. The number of aryl methyl sites for hydroxylation is 1. The molecule has 0 N–H and O–H groups in total. The molecule has 41 heavy (non-hydrogen) atoms. The number of piperidine rings is 1. The van der Waals surface area contributed by atoms with Crippen LogP contribution in [0.3, 0.4) is 0 Å². The largest absolute Gasteiger partial charge is 0.416 e. The molecule has 0 aliphatic carbocycles. The molecule has 0 spiro atoms. The molecule has 5 rings (SSSR count). The van der Waals surface area contributed by atoms with Crippen LogP contribution in [0.1, 0.15) is 75.8 Å². The van der Waals surface area contributed by atoms with Gasteiger partial charge < -0.3 is 0 Å². The number of likely N-dealkylation sites (tertiary alicyclic amines) is 1. The molecule has 6 heteroatoms. The maximum Gasteiger partial charge on any atom is 0.416 e. The van der Waals surface area contributed by atoms with Crippen molar-refractivity contribution in [2.45, 2.75) is 71.1 Å². The minimum Gasteiger partial charge on any atom is -0.299 e. The number of hydrogen-bond acceptors (Lipinski definition) is 3. The lowest BCUT2D eigenvalue weighted by molar-refractivity contribution is -0.137. The van der Waals surface area contributed by atoms with Crippen molar-refractivity contribution in [1.29, 1.82) is 0 Å². The number of alkyl halides is 3. The van der Waals surface area contributed by atoms with E-state index in [1.54, 1.807) is 6.07 Å². The van der Waals surface area contributed by atoms with Crippen LogP contribution in [-0.4, -0.2) is 41.8 Å². The number of benzene rings is 3. The number of Topliss-reactive ketones (excluding diaryl/α,β-unsaturated/α-hetero) is 1. The Kier molecular flexibility index (Phi) is 9.61. The summed E-state index contributed by atoms with van der Waals surface area (Å²) < 4.78 is 39.3. The molecule has 0 radical (unpaired) electrons. The zero-order valence-electron chi connectivity index (χ0n) is 24.1. The van der Waals surface area contributed by atoms with Gasteiger partial charge in [-0.15, -0.1) is 0 Å². The fourth-order valence-corrected chi connectivity index (χ4v) is 6.36. The Bertz CT molecular complexity index is 1330. The third kappa shape index (κ3) is 8.08. The van der Waals surface area contributed by atoms with E-state index in [2.05, 4.69) is 53.1 Å². The minimum absolute atomic E-state index is 0.217. The van der Waals surface area contributed by atoms with Crippen molar-refractivity contribution in [1.82, 2.24) is 9.80 Å². The zero-order valence-corrected chi connectivity index (χ0v) is 24.1. The van der Waals surface area contributed by atoms with Gasteiger partial charge in [0.05, 0.1) is 5.56 Å². The summed E-state index contributed by atoms with van der Waals surface area (Å²) in [5.41, 5.74) is 6.09. The second-order valence-corrected chi connectivity index (χ2v) is 11.9.